The van der Waals surface area contributed by atoms with E-state index in [2.05, 4.69) is 16.9 Å². The molecule has 1 aromatic rings. The second kappa shape index (κ2) is 6.85. The molecule has 1 aliphatic rings. The van der Waals surface area contributed by atoms with Crippen molar-refractivity contribution in [3.8, 4) is 0 Å². The van der Waals surface area contributed by atoms with Crippen LogP contribution in [-0.2, 0) is 22.6 Å². The predicted molar refractivity (Wildman–Crippen MR) is 74.3 cm³/mol. The van der Waals surface area contributed by atoms with Crippen LogP contribution in [0.2, 0.25) is 0 Å². The van der Waals surface area contributed by atoms with E-state index in [-0.39, 0.29) is 6.04 Å². The Morgan fingerprint density at radius 2 is 2.35 bits per heavy atom. The van der Waals surface area contributed by atoms with E-state index in [0.717, 1.165) is 31.6 Å². The Morgan fingerprint density at radius 3 is 2.95 bits per heavy atom. The van der Waals surface area contributed by atoms with Crippen LogP contribution in [-0.4, -0.2) is 51.6 Å². The fraction of sp³-hybridized carbons (Fsp3) is 0.714. The second-order valence-corrected chi connectivity index (χ2v) is 5.22. The van der Waals surface area contributed by atoms with Gasteiger partial charge in [0, 0.05) is 30.9 Å². The lowest BCUT2D eigenvalue weighted by Gasteiger charge is -2.29. The standard InChI is InChI=1S/C14H23N3O3/c1-3-5-16(7-11-6-15-17(4-2)8-11)13-10-20-9-12(13)14(18)19/h6,8,12-13H,3-5,7,9-10H2,1-2H3,(H,18,19). The van der Waals surface area contributed by atoms with Crippen molar-refractivity contribution in [1.82, 2.24) is 14.7 Å². The number of aromatic nitrogens is 2. The number of aliphatic carboxylic acids is 1. The van der Waals surface area contributed by atoms with Crippen molar-refractivity contribution in [2.24, 2.45) is 5.92 Å². The first-order valence-corrected chi connectivity index (χ1v) is 7.21. The van der Waals surface area contributed by atoms with Crippen LogP contribution in [0.1, 0.15) is 25.8 Å². The summed E-state index contributed by atoms with van der Waals surface area (Å²) in [7, 11) is 0. The Bertz CT molecular complexity index is 447. The smallest absolute Gasteiger partial charge is 0.310 e. The summed E-state index contributed by atoms with van der Waals surface area (Å²) in [4.78, 5) is 13.5. The first-order chi connectivity index (χ1) is 9.65. The molecule has 0 spiro atoms. The van der Waals surface area contributed by atoms with E-state index >= 15 is 0 Å². The zero-order valence-electron chi connectivity index (χ0n) is 12.2. The van der Waals surface area contributed by atoms with Crippen molar-refractivity contribution in [3.63, 3.8) is 0 Å². The SMILES string of the molecule is CCCN(Cc1cnn(CC)c1)C1COCC1C(=O)O. The zero-order chi connectivity index (χ0) is 14.5. The lowest BCUT2D eigenvalue weighted by Crippen LogP contribution is -2.43. The average Bonchev–Trinajstić information content (AvgIpc) is 3.06. The minimum absolute atomic E-state index is 0.0440. The molecule has 2 atom stereocenters. The largest absolute Gasteiger partial charge is 0.481 e. The van der Waals surface area contributed by atoms with E-state index in [4.69, 9.17) is 4.74 Å². The van der Waals surface area contributed by atoms with Gasteiger partial charge in [-0.2, -0.15) is 5.10 Å². The molecule has 0 radical (unpaired) electrons. The molecule has 0 amide bonds. The fourth-order valence-electron chi connectivity index (χ4n) is 2.68. The molecule has 2 rings (SSSR count). The summed E-state index contributed by atoms with van der Waals surface area (Å²) in [5.74, 6) is -1.19. The van der Waals surface area contributed by atoms with Gasteiger partial charge in [-0.25, -0.2) is 0 Å². The van der Waals surface area contributed by atoms with Gasteiger partial charge in [0.15, 0.2) is 0 Å². The number of carboxylic acid groups (broad SMARTS) is 1. The fourth-order valence-corrected chi connectivity index (χ4v) is 2.68. The molecule has 1 aliphatic heterocycles. The van der Waals surface area contributed by atoms with Gasteiger partial charge in [-0.15, -0.1) is 0 Å². The van der Waals surface area contributed by atoms with E-state index in [1.807, 2.05) is 24.0 Å². The Morgan fingerprint density at radius 1 is 1.55 bits per heavy atom. The molecule has 1 aromatic heterocycles. The summed E-state index contributed by atoms with van der Waals surface area (Å²) >= 11 is 0. The number of ether oxygens (including phenoxy) is 1. The normalized spacial score (nSPS) is 22.6. The summed E-state index contributed by atoms with van der Waals surface area (Å²) in [6.07, 6.45) is 4.87. The van der Waals surface area contributed by atoms with E-state index in [0.29, 0.717) is 13.2 Å². The average molecular weight is 281 g/mol. The van der Waals surface area contributed by atoms with E-state index in [1.54, 1.807) is 0 Å². The molecule has 112 valence electrons. The van der Waals surface area contributed by atoms with Crippen LogP contribution in [0.3, 0.4) is 0 Å². The molecule has 0 saturated carbocycles. The monoisotopic (exact) mass is 281 g/mol. The Labute approximate surface area is 119 Å². The van der Waals surface area contributed by atoms with Crippen molar-refractivity contribution < 1.29 is 14.6 Å². The van der Waals surface area contributed by atoms with Gasteiger partial charge in [0.05, 0.1) is 25.3 Å². The summed E-state index contributed by atoms with van der Waals surface area (Å²) in [5, 5.41) is 13.6. The molecule has 0 aliphatic carbocycles. The van der Waals surface area contributed by atoms with Gasteiger partial charge in [-0.05, 0) is 19.9 Å². The highest BCUT2D eigenvalue weighted by molar-refractivity contribution is 5.71. The van der Waals surface area contributed by atoms with E-state index in [1.165, 1.54) is 0 Å². The van der Waals surface area contributed by atoms with Crippen molar-refractivity contribution in [1.29, 1.82) is 0 Å². The maximum Gasteiger partial charge on any atom is 0.310 e. The molecule has 0 aromatic carbocycles. The third-order valence-electron chi connectivity index (χ3n) is 3.74. The highest BCUT2D eigenvalue weighted by Gasteiger charge is 2.37. The minimum Gasteiger partial charge on any atom is -0.481 e. The Balaban J connectivity index is 2.07. The van der Waals surface area contributed by atoms with Gasteiger partial charge in [0.2, 0.25) is 0 Å². The van der Waals surface area contributed by atoms with Crippen LogP contribution >= 0.6 is 0 Å². The molecule has 0 bridgehead atoms. The zero-order valence-corrected chi connectivity index (χ0v) is 12.2. The molecule has 1 N–H and O–H groups in total. The van der Waals surface area contributed by atoms with Crippen LogP contribution in [0, 0.1) is 5.92 Å². The first kappa shape index (κ1) is 15.0. The summed E-state index contributed by atoms with van der Waals surface area (Å²) in [5.41, 5.74) is 1.12. The van der Waals surface area contributed by atoms with Gasteiger partial charge < -0.3 is 9.84 Å². The highest BCUT2D eigenvalue weighted by Crippen LogP contribution is 2.22. The minimum atomic E-state index is -0.766. The van der Waals surface area contributed by atoms with E-state index in [9.17, 15) is 9.90 Å². The van der Waals surface area contributed by atoms with Crippen molar-refractivity contribution >= 4 is 5.97 Å². The number of aryl methyl sites for hydroxylation is 1. The molecular formula is C14H23N3O3. The predicted octanol–water partition coefficient (Wildman–Crippen LogP) is 1.21. The van der Waals surface area contributed by atoms with Crippen LogP contribution in [0.15, 0.2) is 12.4 Å². The van der Waals surface area contributed by atoms with Gasteiger partial charge in [0.25, 0.3) is 0 Å². The number of carboxylic acids is 1. The molecule has 2 heterocycles. The topological polar surface area (TPSA) is 67.6 Å². The number of nitrogens with zero attached hydrogens (tertiary/aromatic N) is 3. The molecule has 6 heteroatoms. The van der Waals surface area contributed by atoms with Crippen molar-refractivity contribution in [2.75, 3.05) is 19.8 Å². The molecular weight excluding hydrogens is 258 g/mol. The summed E-state index contributed by atoms with van der Waals surface area (Å²) in [6.45, 7) is 7.41. The lowest BCUT2D eigenvalue weighted by molar-refractivity contribution is -0.143. The molecule has 6 nitrogen and oxygen atoms in total. The molecule has 1 saturated heterocycles. The lowest BCUT2D eigenvalue weighted by atomic mass is 10.0. The number of hydrogen-bond acceptors (Lipinski definition) is 4. The molecule has 2 unspecified atom stereocenters. The number of rotatable bonds is 7. The maximum absolute atomic E-state index is 11.3. The molecule has 1 fully saturated rings. The first-order valence-electron chi connectivity index (χ1n) is 7.21. The second-order valence-electron chi connectivity index (χ2n) is 5.22. The number of hydrogen-bond donors (Lipinski definition) is 1. The Kier molecular flexibility index (Phi) is 5.14. The van der Waals surface area contributed by atoms with Gasteiger partial charge >= 0.3 is 5.97 Å². The van der Waals surface area contributed by atoms with Crippen LogP contribution in [0.4, 0.5) is 0 Å². The van der Waals surface area contributed by atoms with Gasteiger partial charge in [0.1, 0.15) is 0 Å². The third kappa shape index (κ3) is 3.37. The van der Waals surface area contributed by atoms with Crippen molar-refractivity contribution in [2.45, 2.75) is 39.4 Å². The summed E-state index contributed by atoms with van der Waals surface area (Å²) in [6, 6.07) is -0.0440. The Hall–Kier alpha value is -1.40. The quantitative estimate of drug-likeness (QED) is 0.814. The molecule has 20 heavy (non-hydrogen) atoms. The van der Waals surface area contributed by atoms with Crippen LogP contribution in [0.25, 0.3) is 0 Å². The van der Waals surface area contributed by atoms with E-state index < -0.39 is 11.9 Å². The van der Waals surface area contributed by atoms with Gasteiger partial charge in [-0.3, -0.25) is 14.4 Å². The third-order valence-corrected chi connectivity index (χ3v) is 3.74. The van der Waals surface area contributed by atoms with Gasteiger partial charge in [-0.1, -0.05) is 6.92 Å². The maximum atomic E-state index is 11.3. The number of carbonyl (C=O) groups is 1. The van der Waals surface area contributed by atoms with Crippen LogP contribution in [0.5, 0.6) is 0 Å². The highest BCUT2D eigenvalue weighted by atomic mass is 16.5. The van der Waals surface area contributed by atoms with Crippen LogP contribution < -0.4 is 0 Å². The summed E-state index contributed by atoms with van der Waals surface area (Å²) < 4.78 is 7.27. The van der Waals surface area contributed by atoms with Crippen molar-refractivity contribution in [3.05, 3.63) is 18.0 Å².